The molecule has 212 valence electrons. The summed E-state index contributed by atoms with van der Waals surface area (Å²) < 4.78 is 21.6. The number of ether oxygens (including phenoxy) is 1. The number of fused-ring (bicyclic) bond motifs is 4. The van der Waals surface area contributed by atoms with Gasteiger partial charge in [0.2, 0.25) is 5.91 Å². The molecule has 5 rings (SSSR count). The number of nitrogens with one attached hydrogen (secondary N) is 1. The molecule has 1 aliphatic heterocycles. The monoisotopic (exact) mass is 551 g/mol. The van der Waals surface area contributed by atoms with E-state index in [0.717, 1.165) is 22.1 Å². The predicted octanol–water partition coefficient (Wildman–Crippen LogP) is 3.08. The van der Waals surface area contributed by atoms with Crippen LogP contribution in [-0.4, -0.2) is 44.8 Å². The van der Waals surface area contributed by atoms with Gasteiger partial charge in [0.15, 0.2) is 0 Å². The minimum Gasteiger partial charge on any atom is -0.463 e. The molecule has 0 bridgehead atoms. The van der Waals surface area contributed by atoms with Crippen molar-refractivity contribution >= 4 is 23.3 Å². The number of hydrogen-bond acceptors (Lipinski definition) is 7. The lowest BCUT2D eigenvalue weighted by Gasteiger charge is -2.34. The van der Waals surface area contributed by atoms with Crippen molar-refractivity contribution in [3.05, 3.63) is 61.7 Å². The maximum atomic E-state index is 15.1. The van der Waals surface area contributed by atoms with E-state index in [-0.39, 0.29) is 55.5 Å². The number of hydrogen-bond donors (Lipinski definition) is 3. The van der Waals surface area contributed by atoms with E-state index in [0.29, 0.717) is 53.7 Å². The molecule has 0 fully saturated rings. The minimum absolute atomic E-state index is 0.123. The molecule has 3 N–H and O–H groups in total. The topological polar surface area (TPSA) is 131 Å². The van der Waals surface area contributed by atoms with Gasteiger partial charge in [-0.25, -0.2) is 9.37 Å². The van der Waals surface area contributed by atoms with Gasteiger partial charge in [0.05, 0.1) is 34.6 Å². The van der Waals surface area contributed by atoms with Gasteiger partial charge >= 0.3 is 0 Å². The lowest BCUT2D eigenvalue weighted by atomic mass is 9.74. The largest absolute Gasteiger partial charge is 0.463 e. The second-order valence-corrected chi connectivity index (χ2v) is 11.0. The summed E-state index contributed by atoms with van der Waals surface area (Å²) in [5.74, 6) is -0.777. The van der Waals surface area contributed by atoms with Gasteiger partial charge in [0.1, 0.15) is 12.4 Å². The number of aliphatic hydroxyl groups excluding tert-OH is 1. The summed E-state index contributed by atoms with van der Waals surface area (Å²) in [4.78, 5) is 41.9. The molecule has 3 heterocycles. The highest BCUT2D eigenvalue weighted by Gasteiger charge is 2.38. The summed E-state index contributed by atoms with van der Waals surface area (Å²) in [7, 11) is 0. The first-order valence-corrected chi connectivity index (χ1v) is 13.6. The molecule has 1 amide bonds. The van der Waals surface area contributed by atoms with Gasteiger partial charge < -0.3 is 24.8 Å². The van der Waals surface area contributed by atoms with Gasteiger partial charge in [-0.05, 0) is 67.9 Å². The first-order valence-electron chi connectivity index (χ1n) is 13.6. The fourth-order valence-electron chi connectivity index (χ4n) is 6.48. The normalized spacial score (nSPS) is 17.6. The molecule has 1 aromatic carbocycles. The lowest BCUT2D eigenvalue weighted by molar-refractivity contribution is -0.130. The molecule has 0 unspecified atom stereocenters. The minimum atomic E-state index is -1.37. The number of aliphatic hydroxyl groups is 2. The molecule has 3 atom stereocenters. The van der Waals surface area contributed by atoms with Crippen LogP contribution in [0.2, 0.25) is 0 Å². The Balaban J connectivity index is 1.83. The molecule has 40 heavy (non-hydrogen) atoms. The van der Waals surface area contributed by atoms with Gasteiger partial charge in [-0.15, -0.1) is 0 Å². The van der Waals surface area contributed by atoms with E-state index in [1.807, 2.05) is 0 Å². The highest BCUT2D eigenvalue weighted by Crippen LogP contribution is 2.47. The number of benzene rings is 1. The number of halogens is 1. The summed E-state index contributed by atoms with van der Waals surface area (Å²) in [5, 5.41) is 24.9. The predicted molar refractivity (Wildman–Crippen MR) is 146 cm³/mol. The Morgan fingerprint density at radius 1 is 1.38 bits per heavy atom. The van der Waals surface area contributed by atoms with Crippen LogP contribution >= 0.6 is 0 Å². The SMILES string of the molecule is CC[C@](C)(O)c1cc2n(c(=O)c1COC=O)Cc1c-2nc2cc(F)c(C)c3c2c1[C@@H]([C@H](CCO)NC(C)=O)CC3. The molecule has 0 radical (unpaired) electrons. The second-order valence-electron chi connectivity index (χ2n) is 11.0. The smallest absolute Gasteiger partial charge is 0.293 e. The maximum Gasteiger partial charge on any atom is 0.293 e. The summed E-state index contributed by atoms with van der Waals surface area (Å²) in [6.45, 7) is 6.62. The van der Waals surface area contributed by atoms with Gasteiger partial charge in [0.25, 0.3) is 12.0 Å². The zero-order chi connectivity index (χ0) is 28.9. The number of aromatic nitrogens is 2. The van der Waals surface area contributed by atoms with Gasteiger partial charge in [-0.1, -0.05) is 6.92 Å². The van der Waals surface area contributed by atoms with Crippen molar-refractivity contribution in [2.75, 3.05) is 6.61 Å². The average Bonchev–Trinajstić information content (AvgIpc) is 3.29. The Kier molecular flexibility index (Phi) is 7.26. The molecular formula is C30H34FN3O6. The van der Waals surface area contributed by atoms with Crippen molar-refractivity contribution in [1.29, 1.82) is 0 Å². The molecule has 2 aromatic heterocycles. The summed E-state index contributed by atoms with van der Waals surface area (Å²) in [5.41, 5.74) is 3.32. The second kappa shape index (κ2) is 10.4. The van der Waals surface area contributed by atoms with Crippen molar-refractivity contribution < 1.29 is 28.9 Å². The number of carbonyl (C=O) groups is 2. The Hall–Kier alpha value is -3.63. The van der Waals surface area contributed by atoms with Crippen molar-refractivity contribution in [3.8, 4) is 11.4 Å². The van der Waals surface area contributed by atoms with Crippen LogP contribution in [0.15, 0.2) is 16.9 Å². The quantitative estimate of drug-likeness (QED) is 0.273. The van der Waals surface area contributed by atoms with Crippen molar-refractivity contribution in [3.63, 3.8) is 0 Å². The van der Waals surface area contributed by atoms with Crippen molar-refractivity contribution in [2.24, 2.45) is 0 Å². The van der Waals surface area contributed by atoms with E-state index in [1.165, 1.54) is 13.0 Å². The zero-order valence-corrected chi connectivity index (χ0v) is 23.1. The number of rotatable bonds is 9. The Morgan fingerprint density at radius 3 is 2.77 bits per heavy atom. The van der Waals surface area contributed by atoms with Crippen molar-refractivity contribution in [1.82, 2.24) is 14.9 Å². The fourth-order valence-corrected chi connectivity index (χ4v) is 6.48. The molecule has 2 aliphatic rings. The first kappa shape index (κ1) is 27.9. The van der Waals surface area contributed by atoms with Gasteiger partial charge in [-0.2, -0.15) is 0 Å². The Bertz CT molecular complexity index is 1600. The lowest BCUT2D eigenvalue weighted by Crippen LogP contribution is -2.40. The van der Waals surface area contributed by atoms with Crippen molar-refractivity contribution in [2.45, 2.75) is 84.1 Å². The third-order valence-corrected chi connectivity index (χ3v) is 8.66. The molecular weight excluding hydrogens is 517 g/mol. The van der Waals surface area contributed by atoms with E-state index in [2.05, 4.69) is 5.32 Å². The Labute approximate surface area is 231 Å². The number of nitrogens with zero attached hydrogens (tertiary/aromatic N) is 2. The van der Waals surface area contributed by atoms with E-state index >= 15 is 4.39 Å². The highest BCUT2D eigenvalue weighted by atomic mass is 19.1. The van der Waals surface area contributed by atoms with Crippen LogP contribution in [0.25, 0.3) is 22.3 Å². The molecule has 10 heteroatoms. The third-order valence-electron chi connectivity index (χ3n) is 8.66. The number of aryl methyl sites for hydroxylation is 1. The molecule has 3 aromatic rings. The molecule has 0 spiro atoms. The molecule has 1 aliphatic carbocycles. The van der Waals surface area contributed by atoms with Crippen LogP contribution in [0.1, 0.15) is 79.3 Å². The number of amides is 1. The third kappa shape index (κ3) is 4.39. The van der Waals surface area contributed by atoms with Crippen LogP contribution < -0.4 is 10.9 Å². The van der Waals surface area contributed by atoms with Crippen LogP contribution in [0.4, 0.5) is 4.39 Å². The standard InChI is InChI=1S/C30H34FN3O6/c1-5-30(4,39)21-10-25-28-19(12-34(25)29(38)20(21)13-40-14-36)26-18(23(8-9-35)32-16(3)37)7-6-17-15(2)22(31)11-24(33-28)27(17)26/h10-11,14,18,23,35,39H,5-9,12-13H2,1-4H3,(H,32,37)/t18-,23+,30+/m1/s1. The van der Waals surface area contributed by atoms with Crippen LogP contribution in [0.5, 0.6) is 0 Å². The van der Waals surface area contributed by atoms with E-state index in [1.54, 1.807) is 31.4 Å². The zero-order valence-electron chi connectivity index (χ0n) is 23.1. The highest BCUT2D eigenvalue weighted by molar-refractivity contribution is 5.93. The maximum absolute atomic E-state index is 15.1. The average molecular weight is 552 g/mol. The summed E-state index contributed by atoms with van der Waals surface area (Å²) in [6.07, 6.45) is 1.85. The number of pyridine rings is 2. The van der Waals surface area contributed by atoms with Gasteiger partial charge in [0, 0.05) is 42.5 Å². The van der Waals surface area contributed by atoms with E-state index in [9.17, 15) is 24.6 Å². The van der Waals surface area contributed by atoms with Crippen LogP contribution in [-0.2, 0) is 39.5 Å². The number of carbonyl (C=O) groups excluding carboxylic acids is 2. The van der Waals surface area contributed by atoms with Gasteiger partial charge in [-0.3, -0.25) is 14.4 Å². The molecule has 9 nitrogen and oxygen atoms in total. The van der Waals surface area contributed by atoms with Crippen LogP contribution in [0, 0.1) is 12.7 Å². The molecule has 0 saturated carbocycles. The van der Waals surface area contributed by atoms with E-state index in [4.69, 9.17) is 9.72 Å². The Morgan fingerprint density at radius 2 is 2.12 bits per heavy atom. The van der Waals surface area contributed by atoms with Crippen LogP contribution in [0.3, 0.4) is 0 Å². The van der Waals surface area contributed by atoms with E-state index < -0.39 is 11.2 Å². The fraction of sp³-hybridized carbons (Fsp3) is 0.467. The summed E-state index contributed by atoms with van der Waals surface area (Å²) in [6, 6.07) is 2.76. The summed E-state index contributed by atoms with van der Waals surface area (Å²) >= 11 is 0. The molecule has 0 saturated heterocycles. The first-order chi connectivity index (χ1) is 19.0.